The molecule has 1 amide bonds. The number of benzene rings is 2. The van der Waals surface area contributed by atoms with Crippen LogP contribution in [-0.2, 0) is 16.1 Å². The number of imidazole rings is 1. The van der Waals surface area contributed by atoms with E-state index in [0.29, 0.717) is 18.7 Å². The summed E-state index contributed by atoms with van der Waals surface area (Å²) in [7, 11) is 2.82. The summed E-state index contributed by atoms with van der Waals surface area (Å²) in [5.41, 5.74) is -1.28. The van der Waals surface area contributed by atoms with Gasteiger partial charge in [0, 0.05) is 66.7 Å². The van der Waals surface area contributed by atoms with Crippen molar-refractivity contribution in [3.63, 3.8) is 0 Å². The first-order valence-electron chi connectivity index (χ1n) is 13.7. The molecular formula is C31H32ClN3O7S. The largest absolute Gasteiger partial charge is 0.507 e. The zero-order valence-corrected chi connectivity index (χ0v) is 25.8. The number of amides is 1. The minimum absolute atomic E-state index is 0.00749. The van der Waals surface area contributed by atoms with E-state index in [2.05, 4.69) is 10.3 Å². The Morgan fingerprint density at radius 3 is 2.60 bits per heavy atom. The number of rotatable bonds is 10. The fourth-order valence-electron chi connectivity index (χ4n) is 5.76. The molecule has 3 atom stereocenters. The van der Waals surface area contributed by atoms with E-state index in [-0.39, 0.29) is 57.9 Å². The lowest BCUT2D eigenvalue weighted by Gasteiger charge is -2.38. The molecule has 12 heteroatoms. The quantitative estimate of drug-likeness (QED) is 0.299. The van der Waals surface area contributed by atoms with Crippen molar-refractivity contribution in [3.8, 4) is 17.2 Å². The number of carbonyl (C=O) groups excluding carboxylic acids is 3. The predicted molar refractivity (Wildman–Crippen MR) is 162 cm³/mol. The zero-order chi connectivity index (χ0) is 30.9. The van der Waals surface area contributed by atoms with Crippen LogP contribution in [0.3, 0.4) is 0 Å². The number of fused-ring (bicyclic) bond motifs is 1. The summed E-state index contributed by atoms with van der Waals surface area (Å²) in [6, 6.07) is 8.90. The molecule has 0 saturated carbocycles. The Labute approximate surface area is 258 Å². The summed E-state index contributed by atoms with van der Waals surface area (Å²) in [6.45, 7) is 2.51. The van der Waals surface area contributed by atoms with Gasteiger partial charge in [0.25, 0.3) is 0 Å². The molecule has 1 aliphatic heterocycles. The lowest BCUT2D eigenvalue weighted by molar-refractivity contribution is -0.121. The number of Topliss-reactive ketones (excluding diaryl/α,β-unsaturated/α-hetero) is 2. The van der Waals surface area contributed by atoms with E-state index in [1.54, 1.807) is 37.4 Å². The molecule has 2 heterocycles. The molecule has 1 aromatic heterocycles. The number of nitrogens with zero attached hydrogens (tertiary/aromatic N) is 2. The van der Waals surface area contributed by atoms with E-state index in [4.69, 9.17) is 25.8 Å². The highest BCUT2D eigenvalue weighted by molar-refractivity contribution is 7.98. The monoisotopic (exact) mass is 625 g/mol. The first kappa shape index (κ1) is 30.5. The number of carbonyl (C=O) groups is 3. The van der Waals surface area contributed by atoms with Crippen LogP contribution in [0, 0.1) is 5.92 Å². The van der Waals surface area contributed by atoms with Gasteiger partial charge in [0.2, 0.25) is 17.3 Å². The summed E-state index contributed by atoms with van der Waals surface area (Å²) >= 11 is 8.12. The Morgan fingerprint density at radius 2 is 1.98 bits per heavy atom. The maximum atomic E-state index is 14.2. The molecule has 2 N–H and O–H groups in total. The summed E-state index contributed by atoms with van der Waals surface area (Å²) in [5.74, 6) is -3.01. The summed E-state index contributed by atoms with van der Waals surface area (Å²) in [6.07, 6.45) is 6.80. The molecule has 10 nitrogen and oxygen atoms in total. The Hall–Kier alpha value is -3.96. The third-order valence-electron chi connectivity index (χ3n) is 8.02. The van der Waals surface area contributed by atoms with Gasteiger partial charge in [0.05, 0.1) is 20.5 Å². The summed E-state index contributed by atoms with van der Waals surface area (Å²) in [5, 5.41) is 14.9. The van der Waals surface area contributed by atoms with Crippen LogP contribution < -0.4 is 19.5 Å². The van der Waals surface area contributed by atoms with Crippen LogP contribution in [0.15, 0.2) is 65.3 Å². The van der Waals surface area contributed by atoms with Gasteiger partial charge in [-0.3, -0.25) is 14.4 Å². The van der Waals surface area contributed by atoms with E-state index in [9.17, 15) is 19.5 Å². The van der Waals surface area contributed by atoms with Crippen LogP contribution in [-0.4, -0.2) is 64.8 Å². The number of aromatic nitrogens is 2. The lowest BCUT2D eigenvalue weighted by Crippen LogP contribution is -2.53. The average Bonchev–Trinajstić information content (AvgIpc) is 3.63. The SMILES string of the molecule is COc1cc(OC)c2c(c1Cl)O[C@]1(C2=O)C(O)=C(C(CC(=O)NCCn2ccnc2)c2ccc(SC)cc2)C(=O)C[C@H]1C. The number of methoxy groups -OCH3 is 2. The van der Waals surface area contributed by atoms with Gasteiger partial charge in [-0.1, -0.05) is 30.7 Å². The molecule has 5 rings (SSSR count). The van der Waals surface area contributed by atoms with Crippen molar-refractivity contribution in [1.29, 1.82) is 0 Å². The third-order valence-corrected chi connectivity index (χ3v) is 9.12. The van der Waals surface area contributed by atoms with Crippen molar-refractivity contribution in [2.75, 3.05) is 27.0 Å². The number of nitrogens with one attached hydrogen (secondary N) is 1. The number of allylic oxidation sites excluding steroid dienone is 1. The van der Waals surface area contributed by atoms with Gasteiger partial charge in [-0.05, 0) is 24.0 Å². The van der Waals surface area contributed by atoms with Crippen LogP contribution in [0.5, 0.6) is 17.2 Å². The average molecular weight is 626 g/mol. The van der Waals surface area contributed by atoms with Gasteiger partial charge in [-0.15, -0.1) is 11.8 Å². The molecule has 43 heavy (non-hydrogen) atoms. The van der Waals surface area contributed by atoms with Gasteiger partial charge >= 0.3 is 0 Å². The number of aliphatic hydroxyl groups is 1. The standard InChI is InChI=1S/C31H32ClN3O7S/c1-17-13-21(36)25(29(38)31(17)30(39)26-22(40-2)15-23(41-3)27(32)28(26)42-31)20(18-5-7-19(43-4)8-6-18)14-24(37)34-10-12-35-11-9-33-16-35/h5-9,11,15-17,20,38H,10,12-14H2,1-4H3,(H,34,37)/t17-,20?,31+/m1/s1. The predicted octanol–water partition coefficient (Wildman–Crippen LogP) is 5.00. The number of halogens is 1. The molecule has 226 valence electrons. The van der Waals surface area contributed by atoms with Crippen LogP contribution in [0.1, 0.15) is 41.6 Å². The topological polar surface area (TPSA) is 129 Å². The van der Waals surface area contributed by atoms with E-state index < -0.39 is 29.0 Å². The highest BCUT2D eigenvalue weighted by Crippen LogP contribution is 2.55. The van der Waals surface area contributed by atoms with E-state index in [1.807, 2.05) is 35.1 Å². The van der Waals surface area contributed by atoms with Gasteiger partial charge in [-0.25, -0.2) is 4.98 Å². The van der Waals surface area contributed by atoms with E-state index in [0.717, 1.165) is 4.90 Å². The lowest BCUT2D eigenvalue weighted by atomic mass is 9.69. The number of thioether (sulfide) groups is 1. The first-order chi connectivity index (χ1) is 20.7. The zero-order valence-electron chi connectivity index (χ0n) is 24.2. The number of hydrogen-bond donors (Lipinski definition) is 2. The fourth-order valence-corrected chi connectivity index (χ4v) is 6.44. The van der Waals surface area contributed by atoms with Gasteiger partial charge in [0.15, 0.2) is 17.3 Å². The molecule has 2 aromatic carbocycles. The minimum Gasteiger partial charge on any atom is -0.507 e. The van der Waals surface area contributed by atoms with E-state index in [1.165, 1.54) is 20.3 Å². The Morgan fingerprint density at radius 1 is 1.26 bits per heavy atom. The normalized spacial score (nSPS) is 20.2. The second kappa shape index (κ2) is 12.3. The van der Waals surface area contributed by atoms with Crippen molar-refractivity contribution >= 4 is 40.8 Å². The molecule has 1 aliphatic carbocycles. The third kappa shape index (κ3) is 5.36. The molecule has 0 fully saturated rings. The van der Waals surface area contributed by atoms with Crippen LogP contribution in [0.4, 0.5) is 0 Å². The highest BCUT2D eigenvalue weighted by atomic mass is 35.5. The van der Waals surface area contributed by atoms with Crippen molar-refractivity contribution in [2.24, 2.45) is 5.92 Å². The fraction of sp³-hybridized carbons (Fsp3) is 0.355. The number of aliphatic hydroxyl groups excluding tert-OH is 1. The molecule has 2 aliphatic rings. The molecule has 0 bridgehead atoms. The minimum atomic E-state index is -1.94. The molecule has 0 radical (unpaired) electrons. The Bertz CT molecular complexity index is 1590. The van der Waals surface area contributed by atoms with Crippen LogP contribution in [0.25, 0.3) is 0 Å². The van der Waals surface area contributed by atoms with Crippen molar-refractivity contribution in [2.45, 2.75) is 42.7 Å². The second-order valence-electron chi connectivity index (χ2n) is 10.4. The van der Waals surface area contributed by atoms with Gasteiger partial charge < -0.3 is 29.2 Å². The van der Waals surface area contributed by atoms with Gasteiger partial charge in [-0.2, -0.15) is 0 Å². The Kier molecular flexibility index (Phi) is 8.75. The van der Waals surface area contributed by atoms with Crippen molar-refractivity contribution < 1.29 is 33.7 Å². The maximum absolute atomic E-state index is 14.2. The number of hydrogen-bond acceptors (Lipinski definition) is 9. The van der Waals surface area contributed by atoms with Gasteiger partial charge in [0.1, 0.15) is 22.1 Å². The van der Waals surface area contributed by atoms with Crippen molar-refractivity contribution in [1.82, 2.24) is 14.9 Å². The molecule has 1 spiro atoms. The maximum Gasteiger partial charge on any atom is 0.231 e. The molecule has 3 aromatic rings. The van der Waals surface area contributed by atoms with E-state index >= 15 is 0 Å². The summed E-state index contributed by atoms with van der Waals surface area (Å²) in [4.78, 5) is 46.2. The summed E-state index contributed by atoms with van der Waals surface area (Å²) < 4.78 is 18.9. The molecule has 0 saturated heterocycles. The molecular weight excluding hydrogens is 594 g/mol. The first-order valence-corrected chi connectivity index (χ1v) is 15.3. The van der Waals surface area contributed by atoms with Crippen LogP contribution >= 0.6 is 23.4 Å². The Balaban J connectivity index is 1.58. The second-order valence-corrected chi connectivity index (χ2v) is 11.7. The van der Waals surface area contributed by atoms with Crippen LogP contribution in [0.2, 0.25) is 5.02 Å². The molecule has 1 unspecified atom stereocenters. The number of ether oxygens (including phenoxy) is 3. The smallest absolute Gasteiger partial charge is 0.231 e. The number of ketones is 2. The highest BCUT2D eigenvalue weighted by Gasteiger charge is 2.61. The van der Waals surface area contributed by atoms with Crippen molar-refractivity contribution in [3.05, 3.63) is 76.5 Å².